The number of benzene rings is 2. The van der Waals surface area contributed by atoms with Crippen molar-refractivity contribution in [3.8, 4) is 0 Å². The van der Waals surface area contributed by atoms with Crippen molar-refractivity contribution in [2.45, 2.75) is 18.3 Å². The van der Waals surface area contributed by atoms with Gasteiger partial charge in [-0.15, -0.1) is 0 Å². The molecule has 2 aromatic rings. The number of halogens is 1. The van der Waals surface area contributed by atoms with Crippen molar-refractivity contribution < 1.29 is 4.79 Å². The fourth-order valence-corrected chi connectivity index (χ4v) is 3.35. The quantitative estimate of drug-likeness (QED) is 0.872. The molecule has 3 heteroatoms. The van der Waals surface area contributed by atoms with E-state index in [1.54, 1.807) is 12.1 Å². The average molecular weight is 300 g/mol. The number of hydrogen-bond acceptors (Lipinski definition) is 2. The fourth-order valence-electron chi connectivity index (χ4n) is 3.16. The molecule has 1 heterocycles. The zero-order valence-electron chi connectivity index (χ0n) is 11.8. The van der Waals surface area contributed by atoms with Crippen molar-refractivity contribution in [3.05, 3.63) is 70.7 Å². The van der Waals surface area contributed by atoms with Crippen molar-refractivity contribution in [3.63, 3.8) is 0 Å². The van der Waals surface area contributed by atoms with Gasteiger partial charge in [0.1, 0.15) is 0 Å². The summed E-state index contributed by atoms with van der Waals surface area (Å²) in [5.41, 5.74) is 1.38. The van der Waals surface area contributed by atoms with Crippen molar-refractivity contribution in [2.75, 3.05) is 13.1 Å². The van der Waals surface area contributed by atoms with Gasteiger partial charge in [0.25, 0.3) is 0 Å². The van der Waals surface area contributed by atoms with Crippen LogP contribution in [0.15, 0.2) is 54.6 Å². The minimum absolute atomic E-state index is 0.178. The van der Waals surface area contributed by atoms with Crippen molar-refractivity contribution in [1.82, 2.24) is 5.32 Å². The molecule has 1 saturated heterocycles. The SMILES string of the molecule is O=C(c1cccc(Cl)c1)C1(c2ccccc2)CCNCC1. The molecule has 1 N–H and O–H groups in total. The Kier molecular flexibility index (Phi) is 4.09. The van der Waals surface area contributed by atoms with Crippen LogP contribution in [-0.2, 0) is 5.41 Å². The number of piperidine rings is 1. The van der Waals surface area contributed by atoms with E-state index >= 15 is 0 Å². The Balaban J connectivity index is 2.06. The van der Waals surface area contributed by atoms with E-state index in [1.807, 2.05) is 30.3 Å². The molecule has 1 aliphatic rings. The molecule has 0 aromatic heterocycles. The maximum absolute atomic E-state index is 13.2. The predicted octanol–water partition coefficient (Wildman–Crippen LogP) is 3.84. The normalized spacial score (nSPS) is 17.4. The molecule has 21 heavy (non-hydrogen) atoms. The van der Waals surface area contributed by atoms with Crippen LogP contribution in [0.1, 0.15) is 28.8 Å². The lowest BCUT2D eigenvalue weighted by Gasteiger charge is -2.37. The molecule has 0 saturated carbocycles. The largest absolute Gasteiger partial charge is 0.317 e. The summed E-state index contributed by atoms with van der Waals surface area (Å²) >= 11 is 6.05. The summed E-state index contributed by atoms with van der Waals surface area (Å²) in [4.78, 5) is 13.2. The second kappa shape index (κ2) is 6.00. The first-order valence-electron chi connectivity index (χ1n) is 7.29. The monoisotopic (exact) mass is 299 g/mol. The van der Waals surface area contributed by atoms with Crippen LogP contribution in [0.4, 0.5) is 0 Å². The zero-order valence-corrected chi connectivity index (χ0v) is 12.6. The molecule has 2 aromatic carbocycles. The van der Waals surface area contributed by atoms with Crippen LogP contribution in [0.5, 0.6) is 0 Å². The molecule has 1 aliphatic heterocycles. The molecule has 0 radical (unpaired) electrons. The highest BCUT2D eigenvalue weighted by Crippen LogP contribution is 2.37. The van der Waals surface area contributed by atoms with Gasteiger partial charge in [-0.2, -0.15) is 0 Å². The smallest absolute Gasteiger partial charge is 0.173 e. The molecule has 3 rings (SSSR count). The van der Waals surface area contributed by atoms with Gasteiger partial charge in [0.05, 0.1) is 5.41 Å². The molecular weight excluding hydrogens is 282 g/mol. The minimum atomic E-state index is -0.433. The van der Waals surface area contributed by atoms with Crippen molar-refractivity contribution >= 4 is 17.4 Å². The number of carbonyl (C=O) groups excluding carboxylic acids is 1. The number of ketones is 1. The Morgan fingerprint density at radius 1 is 1.00 bits per heavy atom. The molecule has 108 valence electrons. The van der Waals surface area contributed by atoms with Gasteiger partial charge in [0.2, 0.25) is 0 Å². The highest BCUT2D eigenvalue weighted by Gasteiger charge is 2.41. The summed E-state index contributed by atoms with van der Waals surface area (Å²) in [6.45, 7) is 1.72. The first kappa shape index (κ1) is 14.3. The van der Waals surface area contributed by atoms with E-state index in [2.05, 4.69) is 17.4 Å². The van der Waals surface area contributed by atoms with E-state index in [1.165, 1.54) is 0 Å². The van der Waals surface area contributed by atoms with E-state index in [0.29, 0.717) is 10.6 Å². The maximum Gasteiger partial charge on any atom is 0.173 e. The second-order valence-corrected chi connectivity index (χ2v) is 5.97. The maximum atomic E-state index is 13.2. The Bertz CT molecular complexity index is 633. The molecule has 2 nitrogen and oxygen atoms in total. The lowest BCUT2D eigenvalue weighted by molar-refractivity contribution is 0.0847. The number of carbonyl (C=O) groups is 1. The Morgan fingerprint density at radius 2 is 1.71 bits per heavy atom. The Hall–Kier alpha value is -1.64. The second-order valence-electron chi connectivity index (χ2n) is 5.54. The minimum Gasteiger partial charge on any atom is -0.317 e. The fraction of sp³-hybridized carbons (Fsp3) is 0.278. The average Bonchev–Trinajstić information content (AvgIpc) is 2.55. The summed E-state index contributed by atoms with van der Waals surface area (Å²) in [5, 5.41) is 3.96. The van der Waals surface area contributed by atoms with Gasteiger partial charge in [0.15, 0.2) is 5.78 Å². The standard InChI is InChI=1S/C18H18ClNO/c19-16-8-4-5-14(13-16)17(21)18(9-11-20-12-10-18)15-6-2-1-3-7-15/h1-8,13,20H,9-12H2. The number of nitrogens with one attached hydrogen (secondary N) is 1. The van der Waals surface area contributed by atoms with E-state index in [-0.39, 0.29) is 5.78 Å². The third-order valence-corrected chi connectivity index (χ3v) is 4.54. The highest BCUT2D eigenvalue weighted by atomic mass is 35.5. The summed E-state index contributed by atoms with van der Waals surface area (Å²) in [5.74, 6) is 0.178. The van der Waals surface area contributed by atoms with Gasteiger partial charge in [-0.1, -0.05) is 54.1 Å². The van der Waals surface area contributed by atoms with Crippen LogP contribution >= 0.6 is 11.6 Å². The highest BCUT2D eigenvalue weighted by molar-refractivity contribution is 6.31. The molecule has 0 amide bonds. The molecule has 0 bridgehead atoms. The van der Waals surface area contributed by atoms with Gasteiger partial charge in [-0.3, -0.25) is 4.79 Å². The van der Waals surface area contributed by atoms with Gasteiger partial charge in [-0.05, 0) is 43.6 Å². The zero-order chi connectivity index (χ0) is 14.7. The molecule has 0 atom stereocenters. The van der Waals surface area contributed by atoms with E-state index in [9.17, 15) is 4.79 Å². The third-order valence-electron chi connectivity index (χ3n) is 4.30. The summed E-state index contributed by atoms with van der Waals surface area (Å²) in [6.07, 6.45) is 1.64. The Labute approximate surface area is 130 Å². The first-order chi connectivity index (χ1) is 10.2. The summed E-state index contributed by atoms with van der Waals surface area (Å²) in [6, 6.07) is 17.4. The third kappa shape index (κ3) is 2.74. The Morgan fingerprint density at radius 3 is 2.38 bits per heavy atom. The van der Waals surface area contributed by atoms with Crippen molar-refractivity contribution in [1.29, 1.82) is 0 Å². The lowest BCUT2D eigenvalue weighted by atomic mass is 9.68. The topological polar surface area (TPSA) is 29.1 Å². The molecule has 0 aliphatic carbocycles. The first-order valence-corrected chi connectivity index (χ1v) is 7.67. The molecule has 0 unspecified atom stereocenters. The van der Waals surface area contributed by atoms with Crippen LogP contribution in [0, 0.1) is 0 Å². The van der Waals surface area contributed by atoms with Crippen LogP contribution in [0.2, 0.25) is 5.02 Å². The van der Waals surface area contributed by atoms with E-state index in [0.717, 1.165) is 31.5 Å². The number of rotatable bonds is 3. The van der Waals surface area contributed by atoms with Gasteiger partial charge in [-0.25, -0.2) is 0 Å². The van der Waals surface area contributed by atoms with Crippen molar-refractivity contribution in [2.24, 2.45) is 0 Å². The molecular formula is C18H18ClNO. The predicted molar refractivity (Wildman–Crippen MR) is 86.0 cm³/mol. The van der Waals surface area contributed by atoms with E-state index in [4.69, 9.17) is 11.6 Å². The molecule has 1 fully saturated rings. The summed E-state index contributed by atoms with van der Waals surface area (Å²) in [7, 11) is 0. The van der Waals surface area contributed by atoms with Gasteiger partial charge in [0, 0.05) is 10.6 Å². The van der Waals surface area contributed by atoms with Crippen LogP contribution < -0.4 is 5.32 Å². The van der Waals surface area contributed by atoms with Crippen LogP contribution in [0.25, 0.3) is 0 Å². The lowest BCUT2D eigenvalue weighted by Crippen LogP contribution is -2.45. The number of hydrogen-bond donors (Lipinski definition) is 1. The van der Waals surface area contributed by atoms with Crippen LogP contribution in [-0.4, -0.2) is 18.9 Å². The van der Waals surface area contributed by atoms with E-state index < -0.39 is 5.41 Å². The summed E-state index contributed by atoms with van der Waals surface area (Å²) < 4.78 is 0. The van der Waals surface area contributed by atoms with Crippen LogP contribution in [0.3, 0.4) is 0 Å². The molecule has 0 spiro atoms. The number of Topliss-reactive ketones (excluding diaryl/α,β-unsaturated/α-hetero) is 1. The van der Waals surface area contributed by atoms with Gasteiger partial charge >= 0.3 is 0 Å². The van der Waals surface area contributed by atoms with Gasteiger partial charge < -0.3 is 5.32 Å².